The molecule has 0 saturated heterocycles. The SMILES string of the molecule is Cc1cc(SCc2ccc(OCc3ccccn3)cc2)ccc1O. The predicted octanol–water partition coefficient (Wildman–Crippen LogP) is 4.97. The average molecular weight is 337 g/mol. The van der Waals surface area contributed by atoms with Gasteiger partial charge in [0.05, 0.1) is 5.69 Å². The van der Waals surface area contributed by atoms with Gasteiger partial charge in [-0.1, -0.05) is 18.2 Å². The number of pyridine rings is 1. The van der Waals surface area contributed by atoms with E-state index < -0.39 is 0 Å². The molecule has 1 N–H and O–H groups in total. The van der Waals surface area contributed by atoms with Crippen molar-refractivity contribution in [2.45, 2.75) is 24.2 Å². The van der Waals surface area contributed by atoms with Gasteiger partial charge in [0.15, 0.2) is 0 Å². The van der Waals surface area contributed by atoms with E-state index in [1.807, 2.05) is 49.4 Å². The minimum Gasteiger partial charge on any atom is -0.508 e. The van der Waals surface area contributed by atoms with E-state index in [-0.39, 0.29) is 0 Å². The van der Waals surface area contributed by atoms with Crippen molar-refractivity contribution in [3.8, 4) is 11.5 Å². The van der Waals surface area contributed by atoms with Gasteiger partial charge in [0.25, 0.3) is 0 Å². The highest BCUT2D eigenvalue weighted by Crippen LogP contribution is 2.27. The normalized spacial score (nSPS) is 10.5. The number of ether oxygens (including phenoxy) is 1. The summed E-state index contributed by atoms with van der Waals surface area (Å²) < 4.78 is 5.74. The second kappa shape index (κ2) is 7.88. The molecule has 0 spiro atoms. The third kappa shape index (κ3) is 4.52. The molecular formula is C20H19NO2S. The second-order valence-corrected chi connectivity index (χ2v) is 6.54. The lowest BCUT2D eigenvalue weighted by atomic mass is 10.2. The first kappa shape index (κ1) is 16.4. The first-order chi connectivity index (χ1) is 11.7. The summed E-state index contributed by atoms with van der Waals surface area (Å²) in [5.74, 6) is 2.06. The Kier molecular flexibility index (Phi) is 5.39. The van der Waals surface area contributed by atoms with Gasteiger partial charge in [0.1, 0.15) is 18.1 Å². The van der Waals surface area contributed by atoms with Gasteiger partial charge in [-0.05, 0) is 60.5 Å². The molecule has 3 rings (SSSR count). The molecule has 122 valence electrons. The fourth-order valence-corrected chi connectivity index (χ4v) is 3.16. The molecule has 0 saturated carbocycles. The van der Waals surface area contributed by atoms with Crippen LogP contribution in [-0.4, -0.2) is 10.1 Å². The van der Waals surface area contributed by atoms with E-state index in [0.29, 0.717) is 12.4 Å². The van der Waals surface area contributed by atoms with E-state index in [4.69, 9.17) is 4.74 Å². The summed E-state index contributed by atoms with van der Waals surface area (Å²) in [6, 6.07) is 19.6. The molecular weight excluding hydrogens is 318 g/mol. The lowest BCUT2D eigenvalue weighted by Crippen LogP contribution is -1.97. The average Bonchev–Trinajstić information content (AvgIpc) is 2.63. The standard InChI is InChI=1S/C20H19NO2S/c1-15-12-19(9-10-20(15)22)24-14-16-5-7-18(8-6-16)23-13-17-4-2-3-11-21-17/h2-12,22H,13-14H2,1H3. The molecule has 0 atom stereocenters. The van der Waals surface area contributed by atoms with E-state index in [1.165, 1.54) is 5.56 Å². The number of rotatable bonds is 6. The smallest absolute Gasteiger partial charge is 0.130 e. The molecule has 0 aliphatic heterocycles. The van der Waals surface area contributed by atoms with Crippen LogP contribution < -0.4 is 4.74 Å². The van der Waals surface area contributed by atoms with Gasteiger partial charge in [-0.25, -0.2) is 0 Å². The van der Waals surface area contributed by atoms with Crippen LogP contribution in [0, 0.1) is 6.92 Å². The van der Waals surface area contributed by atoms with Crippen LogP contribution in [0.1, 0.15) is 16.8 Å². The summed E-state index contributed by atoms with van der Waals surface area (Å²) in [6.45, 7) is 2.38. The van der Waals surface area contributed by atoms with Gasteiger partial charge in [-0.2, -0.15) is 0 Å². The molecule has 0 fully saturated rings. The summed E-state index contributed by atoms with van der Waals surface area (Å²) >= 11 is 1.75. The molecule has 24 heavy (non-hydrogen) atoms. The quantitative estimate of drug-likeness (QED) is 0.645. The first-order valence-electron chi connectivity index (χ1n) is 7.75. The summed E-state index contributed by atoms with van der Waals surface area (Å²) in [5, 5.41) is 9.56. The van der Waals surface area contributed by atoms with E-state index in [1.54, 1.807) is 24.0 Å². The van der Waals surface area contributed by atoms with Crippen LogP contribution in [-0.2, 0) is 12.4 Å². The Morgan fingerprint density at radius 1 is 1.04 bits per heavy atom. The maximum absolute atomic E-state index is 9.56. The first-order valence-corrected chi connectivity index (χ1v) is 8.73. The van der Waals surface area contributed by atoms with Crippen molar-refractivity contribution in [3.63, 3.8) is 0 Å². The highest BCUT2D eigenvalue weighted by molar-refractivity contribution is 7.98. The van der Waals surface area contributed by atoms with Crippen molar-refractivity contribution >= 4 is 11.8 Å². The monoisotopic (exact) mass is 337 g/mol. The van der Waals surface area contributed by atoms with Crippen molar-refractivity contribution in [2.75, 3.05) is 0 Å². The van der Waals surface area contributed by atoms with E-state index in [2.05, 4.69) is 17.1 Å². The summed E-state index contributed by atoms with van der Waals surface area (Å²) in [6.07, 6.45) is 1.77. The lowest BCUT2D eigenvalue weighted by Gasteiger charge is -2.07. The van der Waals surface area contributed by atoms with Gasteiger partial charge in [0, 0.05) is 16.8 Å². The molecule has 2 aromatic carbocycles. The van der Waals surface area contributed by atoms with Crippen molar-refractivity contribution in [1.29, 1.82) is 0 Å². The van der Waals surface area contributed by atoms with Gasteiger partial charge in [0.2, 0.25) is 0 Å². The Morgan fingerprint density at radius 2 is 1.88 bits per heavy atom. The highest BCUT2D eigenvalue weighted by atomic mass is 32.2. The molecule has 0 aliphatic rings. The molecule has 1 aromatic heterocycles. The lowest BCUT2D eigenvalue weighted by molar-refractivity contribution is 0.301. The zero-order valence-electron chi connectivity index (χ0n) is 13.5. The number of aromatic hydroxyl groups is 1. The van der Waals surface area contributed by atoms with Crippen LogP contribution in [0.3, 0.4) is 0 Å². The largest absolute Gasteiger partial charge is 0.508 e. The van der Waals surface area contributed by atoms with E-state index >= 15 is 0 Å². The number of thioether (sulfide) groups is 1. The summed E-state index contributed by atoms with van der Waals surface area (Å²) in [4.78, 5) is 5.39. The fourth-order valence-electron chi connectivity index (χ4n) is 2.21. The summed E-state index contributed by atoms with van der Waals surface area (Å²) in [5.41, 5.74) is 3.05. The maximum atomic E-state index is 9.56. The van der Waals surface area contributed by atoms with Gasteiger partial charge >= 0.3 is 0 Å². The fraction of sp³-hybridized carbons (Fsp3) is 0.150. The number of aryl methyl sites for hydroxylation is 1. The Hall–Kier alpha value is -2.46. The molecule has 3 nitrogen and oxygen atoms in total. The molecule has 4 heteroatoms. The molecule has 1 heterocycles. The molecule has 0 radical (unpaired) electrons. The topological polar surface area (TPSA) is 42.4 Å². The third-order valence-corrected chi connectivity index (χ3v) is 4.67. The number of phenols is 1. The summed E-state index contributed by atoms with van der Waals surface area (Å²) in [7, 11) is 0. The Balaban J connectivity index is 1.53. The Labute approximate surface area is 146 Å². The molecule has 0 bridgehead atoms. The van der Waals surface area contributed by atoms with Crippen molar-refractivity contribution in [2.24, 2.45) is 0 Å². The number of phenolic OH excluding ortho intramolecular Hbond substituents is 1. The molecule has 3 aromatic rings. The minimum atomic E-state index is 0.341. The number of hydrogen-bond acceptors (Lipinski definition) is 4. The van der Waals surface area contributed by atoms with Crippen LogP contribution in [0.2, 0.25) is 0 Å². The van der Waals surface area contributed by atoms with Crippen LogP contribution >= 0.6 is 11.8 Å². The number of nitrogens with zero attached hydrogens (tertiary/aromatic N) is 1. The predicted molar refractivity (Wildman–Crippen MR) is 97.4 cm³/mol. The van der Waals surface area contributed by atoms with Crippen molar-refractivity contribution in [1.82, 2.24) is 4.98 Å². The van der Waals surface area contributed by atoms with Crippen molar-refractivity contribution < 1.29 is 9.84 Å². The maximum Gasteiger partial charge on any atom is 0.130 e. The Bertz CT molecular complexity index is 788. The molecule has 0 amide bonds. The highest BCUT2D eigenvalue weighted by Gasteiger charge is 2.01. The number of aromatic nitrogens is 1. The van der Waals surface area contributed by atoms with Crippen LogP contribution in [0.5, 0.6) is 11.5 Å². The Morgan fingerprint density at radius 3 is 2.58 bits per heavy atom. The minimum absolute atomic E-state index is 0.341. The van der Waals surface area contributed by atoms with Gasteiger partial charge in [-0.15, -0.1) is 11.8 Å². The van der Waals surface area contributed by atoms with Crippen LogP contribution in [0.15, 0.2) is 71.8 Å². The van der Waals surface area contributed by atoms with E-state index in [0.717, 1.165) is 27.7 Å². The zero-order chi connectivity index (χ0) is 16.8. The number of hydrogen-bond donors (Lipinski definition) is 1. The second-order valence-electron chi connectivity index (χ2n) is 5.49. The van der Waals surface area contributed by atoms with E-state index in [9.17, 15) is 5.11 Å². The zero-order valence-corrected chi connectivity index (χ0v) is 14.3. The third-order valence-electron chi connectivity index (χ3n) is 3.61. The van der Waals surface area contributed by atoms with Crippen molar-refractivity contribution in [3.05, 3.63) is 83.7 Å². The molecule has 0 unspecified atom stereocenters. The van der Waals surface area contributed by atoms with Gasteiger partial charge < -0.3 is 9.84 Å². The molecule has 0 aliphatic carbocycles. The van der Waals surface area contributed by atoms with Crippen LogP contribution in [0.4, 0.5) is 0 Å². The van der Waals surface area contributed by atoms with Gasteiger partial charge in [-0.3, -0.25) is 4.98 Å². The van der Waals surface area contributed by atoms with Crippen LogP contribution in [0.25, 0.3) is 0 Å². The number of benzene rings is 2.